The van der Waals surface area contributed by atoms with Gasteiger partial charge in [-0.05, 0) is 24.3 Å². The van der Waals surface area contributed by atoms with E-state index in [-0.39, 0.29) is 16.3 Å². The van der Waals surface area contributed by atoms with E-state index in [4.69, 9.17) is 25.8 Å². The molecule has 0 spiro atoms. The summed E-state index contributed by atoms with van der Waals surface area (Å²) in [6.45, 7) is -0.480. The van der Waals surface area contributed by atoms with E-state index in [0.29, 0.717) is 24.7 Å². The highest BCUT2D eigenvalue weighted by Crippen LogP contribution is 2.38. The predicted octanol–water partition coefficient (Wildman–Crippen LogP) is 2.30. The number of carbonyl (C=O) groups is 3. The molecule has 2 aromatic rings. The van der Waals surface area contributed by atoms with Crippen LogP contribution in [0.25, 0.3) is 0 Å². The number of anilines is 1. The molecule has 2 aromatic carbocycles. The van der Waals surface area contributed by atoms with Crippen LogP contribution < -0.4 is 20.1 Å². The zero-order valence-electron chi connectivity index (χ0n) is 15.3. The van der Waals surface area contributed by atoms with Crippen molar-refractivity contribution >= 4 is 35.1 Å². The fourth-order valence-electron chi connectivity index (χ4n) is 2.45. The van der Waals surface area contributed by atoms with Crippen molar-refractivity contribution in [1.29, 1.82) is 0 Å². The van der Waals surface area contributed by atoms with Crippen LogP contribution >= 0.6 is 11.6 Å². The van der Waals surface area contributed by atoms with Gasteiger partial charge in [-0.25, -0.2) is 13.6 Å². The van der Waals surface area contributed by atoms with Crippen molar-refractivity contribution in [3.05, 3.63) is 52.6 Å². The second-order valence-electron chi connectivity index (χ2n) is 6.01. The fraction of sp³-hybridized carbons (Fsp3) is 0.211. The maximum absolute atomic E-state index is 13.1. The van der Waals surface area contributed by atoms with Crippen LogP contribution in [0.1, 0.15) is 10.4 Å². The Bertz CT molecular complexity index is 1000. The minimum atomic E-state index is -1.12. The van der Waals surface area contributed by atoms with Crippen LogP contribution in [0.5, 0.6) is 11.5 Å². The normalized spacial score (nSPS) is 12.1. The molecule has 1 heterocycles. The third-order valence-electron chi connectivity index (χ3n) is 3.82. The van der Waals surface area contributed by atoms with Gasteiger partial charge in [-0.1, -0.05) is 11.6 Å². The molecule has 1 aliphatic heterocycles. The largest absolute Gasteiger partial charge is 0.486 e. The van der Waals surface area contributed by atoms with E-state index in [2.05, 4.69) is 10.6 Å². The minimum absolute atomic E-state index is 0.0232. The summed E-state index contributed by atoms with van der Waals surface area (Å²) in [7, 11) is 0. The number of carbonyl (C=O) groups excluding carboxylic acids is 3. The summed E-state index contributed by atoms with van der Waals surface area (Å²) in [5, 5.41) is 4.68. The first kappa shape index (κ1) is 21.3. The molecule has 0 aromatic heterocycles. The Hall–Kier alpha value is -3.40. The van der Waals surface area contributed by atoms with Crippen molar-refractivity contribution in [2.24, 2.45) is 0 Å². The van der Waals surface area contributed by atoms with Gasteiger partial charge in [-0.2, -0.15) is 0 Å². The van der Waals surface area contributed by atoms with E-state index in [1.807, 2.05) is 0 Å². The smallest absolute Gasteiger partial charge is 0.338 e. The van der Waals surface area contributed by atoms with E-state index in [1.165, 1.54) is 18.2 Å². The van der Waals surface area contributed by atoms with Crippen LogP contribution in [0.3, 0.4) is 0 Å². The lowest BCUT2D eigenvalue weighted by Crippen LogP contribution is -2.35. The van der Waals surface area contributed by atoms with Crippen molar-refractivity contribution in [3.63, 3.8) is 0 Å². The highest BCUT2D eigenvalue weighted by Gasteiger charge is 2.20. The Morgan fingerprint density at radius 1 is 1.03 bits per heavy atom. The third kappa shape index (κ3) is 5.35. The first-order valence-electron chi connectivity index (χ1n) is 8.61. The summed E-state index contributed by atoms with van der Waals surface area (Å²) >= 11 is 6.04. The number of halogens is 3. The molecule has 0 fully saturated rings. The van der Waals surface area contributed by atoms with Crippen LogP contribution in [-0.4, -0.2) is 44.1 Å². The first-order chi connectivity index (χ1) is 14.3. The van der Waals surface area contributed by atoms with Crippen LogP contribution in [-0.2, 0) is 14.3 Å². The van der Waals surface area contributed by atoms with Crippen molar-refractivity contribution < 1.29 is 37.4 Å². The Balaban J connectivity index is 1.46. The van der Waals surface area contributed by atoms with Gasteiger partial charge in [0.1, 0.15) is 13.2 Å². The van der Waals surface area contributed by atoms with E-state index in [0.717, 1.165) is 12.1 Å². The standard InChI is InChI=1S/C19H15ClF2N2O6/c20-12-5-10(6-15-18(12)29-4-3-28-15)19(27)30-9-17(26)23-8-16(25)24-11-1-2-13(21)14(22)7-11/h1-2,5-7H,3-4,8-9H2,(H,23,26)(H,24,25). The molecule has 0 unspecified atom stereocenters. The van der Waals surface area contributed by atoms with Crippen LogP contribution in [0.2, 0.25) is 5.02 Å². The van der Waals surface area contributed by atoms with Crippen LogP contribution in [0.15, 0.2) is 30.3 Å². The predicted molar refractivity (Wildman–Crippen MR) is 101 cm³/mol. The fourth-order valence-corrected chi connectivity index (χ4v) is 2.72. The number of ether oxygens (including phenoxy) is 3. The van der Waals surface area contributed by atoms with Crippen molar-refractivity contribution in [2.45, 2.75) is 0 Å². The van der Waals surface area contributed by atoms with Gasteiger partial charge in [0.15, 0.2) is 29.7 Å². The monoisotopic (exact) mass is 440 g/mol. The summed E-state index contributed by atoms with van der Waals surface area (Å²) < 4.78 is 41.6. The molecule has 0 aliphatic carbocycles. The lowest BCUT2D eigenvalue weighted by atomic mass is 10.2. The maximum atomic E-state index is 13.1. The number of rotatable bonds is 6. The number of hydrogen-bond donors (Lipinski definition) is 2. The average Bonchev–Trinajstić information content (AvgIpc) is 2.73. The Kier molecular flexibility index (Phi) is 6.68. The highest BCUT2D eigenvalue weighted by molar-refractivity contribution is 6.32. The van der Waals surface area contributed by atoms with Crippen LogP contribution in [0, 0.1) is 11.6 Å². The minimum Gasteiger partial charge on any atom is -0.486 e. The number of hydrogen-bond acceptors (Lipinski definition) is 6. The van der Waals surface area contributed by atoms with Crippen molar-refractivity contribution in [2.75, 3.05) is 31.7 Å². The summed E-state index contributed by atoms with van der Waals surface area (Å²) in [5.74, 6) is -3.81. The quantitative estimate of drug-likeness (QED) is 0.668. The molecule has 2 amide bonds. The highest BCUT2D eigenvalue weighted by atomic mass is 35.5. The van der Waals surface area contributed by atoms with Gasteiger partial charge >= 0.3 is 5.97 Å². The van der Waals surface area contributed by atoms with Crippen molar-refractivity contribution in [1.82, 2.24) is 5.32 Å². The molecule has 0 saturated heterocycles. The molecule has 0 bridgehead atoms. The zero-order valence-corrected chi connectivity index (χ0v) is 16.1. The molecular weight excluding hydrogens is 426 g/mol. The topological polar surface area (TPSA) is 103 Å². The van der Waals surface area contributed by atoms with E-state index < -0.39 is 42.6 Å². The Morgan fingerprint density at radius 2 is 1.80 bits per heavy atom. The Labute approximate surface area is 174 Å². The molecule has 0 radical (unpaired) electrons. The molecule has 158 valence electrons. The molecule has 8 nitrogen and oxygen atoms in total. The van der Waals surface area contributed by atoms with Gasteiger partial charge in [0.2, 0.25) is 5.91 Å². The summed E-state index contributed by atoms with van der Waals surface area (Å²) in [6, 6.07) is 5.53. The lowest BCUT2D eigenvalue weighted by Gasteiger charge is -2.19. The van der Waals surface area contributed by atoms with Gasteiger partial charge in [-0.3, -0.25) is 9.59 Å². The number of amides is 2. The molecule has 11 heteroatoms. The molecule has 0 atom stereocenters. The van der Waals surface area contributed by atoms with E-state index in [9.17, 15) is 23.2 Å². The van der Waals surface area contributed by atoms with Gasteiger partial charge in [0.05, 0.1) is 17.1 Å². The van der Waals surface area contributed by atoms with Gasteiger partial charge < -0.3 is 24.8 Å². The molecular formula is C19H15ClF2N2O6. The lowest BCUT2D eigenvalue weighted by molar-refractivity contribution is -0.126. The number of nitrogens with one attached hydrogen (secondary N) is 2. The van der Waals surface area contributed by atoms with Gasteiger partial charge in [0, 0.05) is 11.8 Å². The van der Waals surface area contributed by atoms with Crippen LogP contribution in [0.4, 0.5) is 14.5 Å². The SMILES string of the molecule is O=C(COC(=O)c1cc(Cl)c2c(c1)OCCO2)NCC(=O)Nc1ccc(F)c(F)c1. The number of esters is 1. The molecule has 0 saturated carbocycles. The maximum Gasteiger partial charge on any atom is 0.338 e. The first-order valence-corrected chi connectivity index (χ1v) is 8.99. The summed E-state index contributed by atoms with van der Waals surface area (Å²) in [4.78, 5) is 35.7. The Morgan fingerprint density at radius 3 is 2.57 bits per heavy atom. The van der Waals surface area contributed by atoms with Crippen molar-refractivity contribution in [3.8, 4) is 11.5 Å². The summed E-state index contributed by atoms with van der Waals surface area (Å²) in [5.41, 5.74) is 0.0863. The zero-order chi connectivity index (χ0) is 21.7. The number of benzene rings is 2. The third-order valence-corrected chi connectivity index (χ3v) is 4.10. The summed E-state index contributed by atoms with van der Waals surface area (Å²) in [6.07, 6.45) is 0. The molecule has 1 aliphatic rings. The molecule has 2 N–H and O–H groups in total. The second kappa shape index (κ2) is 9.40. The van der Waals surface area contributed by atoms with E-state index in [1.54, 1.807) is 0 Å². The van der Waals surface area contributed by atoms with Gasteiger partial charge in [-0.15, -0.1) is 0 Å². The van der Waals surface area contributed by atoms with Gasteiger partial charge in [0.25, 0.3) is 5.91 Å². The second-order valence-corrected chi connectivity index (χ2v) is 6.42. The molecule has 30 heavy (non-hydrogen) atoms. The van der Waals surface area contributed by atoms with E-state index >= 15 is 0 Å². The number of fused-ring (bicyclic) bond motifs is 1. The molecule has 3 rings (SSSR count). The average molecular weight is 441 g/mol.